The van der Waals surface area contributed by atoms with Gasteiger partial charge in [-0.15, -0.1) is 0 Å². The molecular formula is C19H18ClFN6S. The number of fused-ring (bicyclic) bond motifs is 1. The number of halogens is 2. The first kappa shape index (κ1) is 19.0. The number of nitrogens with one attached hydrogen (secondary N) is 1. The number of rotatable bonds is 4. The SMILES string of the molecule is CCc1[nH]c2nc(Sc3ccc(C#N)c(F)c3)nc(N3CC[C@@H](N)C3)c2c1Cl. The van der Waals surface area contributed by atoms with Gasteiger partial charge in [0, 0.05) is 29.7 Å². The van der Waals surface area contributed by atoms with E-state index >= 15 is 0 Å². The van der Waals surface area contributed by atoms with Gasteiger partial charge in [-0.2, -0.15) is 5.26 Å². The second-order valence-corrected chi connectivity index (χ2v) is 8.09. The number of aromatic nitrogens is 3. The maximum Gasteiger partial charge on any atom is 0.196 e. The van der Waals surface area contributed by atoms with Gasteiger partial charge in [-0.25, -0.2) is 14.4 Å². The predicted octanol–water partition coefficient (Wildman–Crippen LogP) is 3.87. The Morgan fingerprint density at radius 2 is 2.29 bits per heavy atom. The maximum absolute atomic E-state index is 14.0. The highest BCUT2D eigenvalue weighted by atomic mass is 35.5. The second-order valence-electron chi connectivity index (χ2n) is 6.67. The highest BCUT2D eigenvalue weighted by Crippen LogP contribution is 2.37. The lowest BCUT2D eigenvalue weighted by Gasteiger charge is -2.18. The molecule has 0 radical (unpaired) electrons. The number of hydrogen-bond donors (Lipinski definition) is 2. The van der Waals surface area contributed by atoms with Crippen LogP contribution in [0, 0.1) is 17.1 Å². The van der Waals surface area contributed by atoms with Gasteiger partial charge in [0.05, 0.1) is 16.0 Å². The molecule has 0 aliphatic carbocycles. The van der Waals surface area contributed by atoms with Crippen molar-refractivity contribution in [1.29, 1.82) is 5.26 Å². The molecular weight excluding hydrogens is 399 g/mol. The van der Waals surface area contributed by atoms with E-state index in [4.69, 9.17) is 27.6 Å². The summed E-state index contributed by atoms with van der Waals surface area (Å²) in [7, 11) is 0. The zero-order chi connectivity index (χ0) is 19.8. The van der Waals surface area contributed by atoms with Gasteiger partial charge in [-0.05, 0) is 42.8 Å². The van der Waals surface area contributed by atoms with E-state index in [9.17, 15) is 4.39 Å². The normalized spacial score (nSPS) is 16.7. The number of nitrogens with zero attached hydrogens (tertiary/aromatic N) is 4. The number of aromatic amines is 1. The lowest BCUT2D eigenvalue weighted by Crippen LogP contribution is -2.27. The summed E-state index contributed by atoms with van der Waals surface area (Å²) in [6.07, 6.45) is 1.63. The van der Waals surface area contributed by atoms with Crippen LogP contribution in [-0.2, 0) is 6.42 Å². The smallest absolute Gasteiger partial charge is 0.196 e. The minimum atomic E-state index is -0.560. The molecule has 0 unspecified atom stereocenters. The Hall–Kier alpha value is -2.34. The van der Waals surface area contributed by atoms with Crippen molar-refractivity contribution in [3.8, 4) is 6.07 Å². The second kappa shape index (κ2) is 7.59. The standard InChI is InChI=1S/C19H18ClFN6S/c1-2-14-16(20)15-17(24-14)25-19(26-18(15)27-6-5-11(23)9-27)28-12-4-3-10(8-22)13(21)7-12/h3-4,7,11H,2,5-6,9,23H2,1H3,(H,24,25,26)/t11-/m1/s1. The number of aryl methyl sites for hydroxylation is 1. The van der Waals surface area contributed by atoms with Crippen molar-refractivity contribution in [1.82, 2.24) is 15.0 Å². The van der Waals surface area contributed by atoms with Gasteiger partial charge in [-0.1, -0.05) is 18.5 Å². The Kier molecular flexibility index (Phi) is 5.15. The molecule has 6 nitrogen and oxygen atoms in total. The Labute approximate surface area is 170 Å². The first-order chi connectivity index (χ1) is 13.5. The molecule has 1 fully saturated rings. The van der Waals surface area contributed by atoms with Crippen molar-refractivity contribution >= 4 is 40.2 Å². The molecule has 1 aromatic carbocycles. The number of H-pyrrole nitrogens is 1. The van der Waals surface area contributed by atoms with E-state index in [0.717, 1.165) is 36.3 Å². The van der Waals surface area contributed by atoms with Crippen molar-refractivity contribution in [2.24, 2.45) is 5.73 Å². The molecule has 3 heterocycles. The lowest BCUT2D eigenvalue weighted by molar-refractivity contribution is 0.620. The van der Waals surface area contributed by atoms with E-state index in [0.29, 0.717) is 27.3 Å². The van der Waals surface area contributed by atoms with Crippen LogP contribution in [0.2, 0.25) is 5.02 Å². The molecule has 3 aromatic rings. The Balaban J connectivity index is 1.79. The van der Waals surface area contributed by atoms with Crippen molar-refractivity contribution < 1.29 is 4.39 Å². The van der Waals surface area contributed by atoms with Crippen LogP contribution in [0.15, 0.2) is 28.3 Å². The summed E-state index contributed by atoms with van der Waals surface area (Å²) < 4.78 is 14.0. The fourth-order valence-electron chi connectivity index (χ4n) is 3.32. The summed E-state index contributed by atoms with van der Waals surface area (Å²) in [6.45, 7) is 3.52. The average molecular weight is 417 g/mol. The summed E-state index contributed by atoms with van der Waals surface area (Å²) in [5.74, 6) is 0.186. The number of benzene rings is 1. The van der Waals surface area contributed by atoms with Crippen LogP contribution in [0.5, 0.6) is 0 Å². The first-order valence-corrected chi connectivity index (χ1v) is 10.2. The zero-order valence-corrected chi connectivity index (χ0v) is 16.7. The van der Waals surface area contributed by atoms with Crippen LogP contribution in [0.4, 0.5) is 10.2 Å². The molecule has 28 heavy (non-hydrogen) atoms. The first-order valence-electron chi connectivity index (χ1n) is 8.96. The third-order valence-corrected chi connectivity index (χ3v) is 6.04. The van der Waals surface area contributed by atoms with E-state index in [-0.39, 0.29) is 11.6 Å². The van der Waals surface area contributed by atoms with Crippen molar-refractivity contribution in [2.45, 2.75) is 35.9 Å². The molecule has 1 aliphatic heterocycles. The van der Waals surface area contributed by atoms with Gasteiger partial charge in [0.2, 0.25) is 0 Å². The average Bonchev–Trinajstić information content (AvgIpc) is 3.24. The fourth-order valence-corrected chi connectivity index (χ4v) is 4.46. The number of nitriles is 1. The van der Waals surface area contributed by atoms with E-state index in [1.165, 1.54) is 23.9 Å². The minimum absolute atomic E-state index is 0.0104. The molecule has 0 spiro atoms. The summed E-state index contributed by atoms with van der Waals surface area (Å²) in [6, 6.07) is 6.38. The third kappa shape index (κ3) is 3.41. The zero-order valence-electron chi connectivity index (χ0n) is 15.2. The molecule has 3 N–H and O–H groups in total. The van der Waals surface area contributed by atoms with Crippen LogP contribution in [0.1, 0.15) is 24.6 Å². The van der Waals surface area contributed by atoms with E-state index in [1.54, 1.807) is 6.07 Å². The molecule has 0 amide bonds. The summed E-state index contributed by atoms with van der Waals surface area (Å²) in [5, 5.41) is 10.8. The molecule has 4 rings (SSSR count). The summed E-state index contributed by atoms with van der Waals surface area (Å²) in [4.78, 5) is 15.3. The lowest BCUT2D eigenvalue weighted by atomic mass is 10.2. The molecule has 0 saturated carbocycles. The topological polar surface area (TPSA) is 94.6 Å². The van der Waals surface area contributed by atoms with E-state index < -0.39 is 5.82 Å². The molecule has 0 bridgehead atoms. The molecule has 1 atom stereocenters. The van der Waals surface area contributed by atoms with E-state index in [2.05, 4.69) is 14.9 Å². The molecule has 1 saturated heterocycles. The quantitative estimate of drug-likeness (QED) is 0.627. The molecule has 9 heteroatoms. The van der Waals surface area contributed by atoms with Gasteiger partial charge in [0.1, 0.15) is 23.4 Å². The van der Waals surface area contributed by atoms with Gasteiger partial charge in [0.15, 0.2) is 5.16 Å². The van der Waals surface area contributed by atoms with Gasteiger partial charge < -0.3 is 15.6 Å². The van der Waals surface area contributed by atoms with E-state index in [1.807, 2.05) is 13.0 Å². The molecule has 1 aliphatic rings. The van der Waals surface area contributed by atoms with Crippen molar-refractivity contribution in [3.63, 3.8) is 0 Å². The monoisotopic (exact) mass is 416 g/mol. The predicted molar refractivity (Wildman–Crippen MR) is 108 cm³/mol. The van der Waals surface area contributed by atoms with Crippen LogP contribution < -0.4 is 10.6 Å². The van der Waals surface area contributed by atoms with Crippen LogP contribution in [0.25, 0.3) is 11.0 Å². The largest absolute Gasteiger partial charge is 0.354 e. The Morgan fingerprint density at radius 1 is 1.46 bits per heavy atom. The maximum atomic E-state index is 14.0. The number of nitrogens with two attached hydrogens (primary N) is 1. The van der Waals surface area contributed by atoms with Gasteiger partial charge in [0.25, 0.3) is 0 Å². The summed E-state index contributed by atoms with van der Waals surface area (Å²) in [5.41, 5.74) is 7.65. The van der Waals surface area contributed by atoms with Crippen LogP contribution in [-0.4, -0.2) is 34.1 Å². The Bertz CT molecular complexity index is 1090. The third-order valence-electron chi connectivity index (χ3n) is 4.77. The van der Waals surface area contributed by atoms with Gasteiger partial charge in [-0.3, -0.25) is 0 Å². The van der Waals surface area contributed by atoms with Gasteiger partial charge >= 0.3 is 0 Å². The van der Waals surface area contributed by atoms with Crippen LogP contribution >= 0.6 is 23.4 Å². The highest BCUT2D eigenvalue weighted by molar-refractivity contribution is 7.99. The molecule has 144 valence electrons. The summed E-state index contributed by atoms with van der Waals surface area (Å²) >= 11 is 7.83. The molecule has 2 aromatic heterocycles. The highest BCUT2D eigenvalue weighted by Gasteiger charge is 2.26. The van der Waals surface area contributed by atoms with Crippen molar-refractivity contribution in [3.05, 3.63) is 40.3 Å². The number of hydrogen-bond acceptors (Lipinski definition) is 6. The number of anilines is 1. The Morgan fingerprint density at radius 3 is 2.93 bits per heavy atom. The van der Waals surface area contributed by atoms with Crippen molar-refractivity contribution in [2.75, 3.05) is 18.0 Å². The fraction of sp³-hybridized carbons (Fsp3) is 0.316. The van der Waals surface area contributed by atoms with Crippen LogP contribution in [0.3, 0.4) is 0 Å². The minimum Gasteiger partial charge on any atom is -0.354 e.